The third kappa shape index (κ3) is 3.42. The van der Waals surface area contributed by atoms with Gasteiger partial charge in [0.05, 0.1) is 4.90 Å². The zero-order valence-electron chi connectivity index (χ0n) is 12.4. The van der Waals surface area contributed by atoms with E-state index < -0.39 is 10.0 Å². The van der Waals surface area contributed by atoms with Gasteiger partial charge in [-0.1, -0.05) is 26.7 Å². The SMILES string of the molecule is CC(C)NCc1sccc1S(=O)(=O)N(C)C1CCCC1. The van der Waals surface area contributed by atoms with Crippen LogP contribution in [0.2, 0.25) is 0 Å². The van der Waals surface area contributed by atoms with Crippen molar-refractivity contribution in [2.24, 2.45) is 0 Å². The third-order valence-electron chi connectivity index (χ3n) is 3.87. The smallest absolute Gasteiger partial charge is 0.244 e. The van der Waals surface area contributed by atoms with E-state index in [-0.39, 0.29) is 6.04 Å². The minimum absolute atomic E-state index is 0.172. The average Bonchev–Trinajstić information content (AvgIpc) is 3.06. The molecule has 0 aromatic carbocycles. The molecular weight excluding hydrogens is 292 g/mol. The van der Waals surface area contributed by atoms with Crippen LogP contribution in [0.5, 0.6) is 0 Å². The summed E-state index contributed by atoms with van der Waals surface area (Å²) in [5.41, 5.74) is 0. The van der Waals surface area contributed by atoms with E-state index in [4.69, 9.17) is 0 Å². The number of hydrogen-bond acceptors (Lipinski definition) is 4. The van der Waals surface area contributed by atoms with Crippen molar-refractivity contribution in [1.29, 1.82) is 0 Å². The van der Waals surface area contributed by atoms with Crippen molar-refractivity contribution in [3.63, 3.8) is 0 Å². The van der Waals surface area contributed by atoms with E-state index in [0.29, 0.717) is 17.5 Å². The van der Waals surface area contributed by atoms with Crippen LogP contribution in [-0.4, -0.2) is 31.9 Å². The molecule has 1 aliphatic rings. The van der Waals surface area contributed by atoms with E-state index in [1.807, 2.05) is 5.38 Å². The second-order valence-corrected chi connectivity index (χ2v) is 8.67. The number of hydrogen-bond donors (Lipinski definition) is 1. The van der Waals surface area contributed by atoms with Gasteiger partial charge in [-0.25, -0.2) is 8.42 Å². The molecule has 0 bridgehead atoms. The summed E-state index contributed by atoms with van der Waals surface area (Å²) < 4.78 is 27.1. The first-order chi connectivity index (χ1) is 9.43. The second-order valence-electron chi connectivity index (χ2n) is 5.70. The van der Waals surface area contributed by atoms with Gasteiger partial charge in [0.25, 0.3) is 0 Å². The topological polar surface area (TPSA) is 49.4 Å². The maximum atomic E-state index is 12.8. The van der Waals surface area contributed by atoms with Gasteiger partial charge in [0.1, 0.15) is 0 Å². The lowest BCUT2D eigenvalue weighted by atomic mass is 10.3. The Morgan fingerprint density at radius 2 is 2.05 bits per heavy atom. The molecule has 0 aliphatic heterocycles. The number of rotatable bonds is 6. The van der Waals surface area contributed by atoms with E-state index in [0.717, 1.165) is 30.6 Å². The Hall–Kier alpha value is -0.430. The van der Waals surface area contributed by atoms with Gasteiger partial charge in [0.15, 0.2) is 0 Å². The van der Waals surface area contributed by atoms with Crippen molar-refractivity contribution in [1.82, 2.24) is 9.62 Å². The summed E-state index contributed by atoms with van der Waals surface area (Å²) in [4.78, 5) is 1.38. The summed E-state index contributed by atoms with van der Waals surface area (Å²) in [5.74, 6) is 0. The Bertz CT molecular complexity index is 531. The van der Waals surface area contributed by atoms with Crippen LogP contribution in [0.15, 0.2) is 16.3 Å². The normalized spacial score (nSPS) is 17.4. The van der Waals surface area contributed by atoms with Crippen molar-refractivity contribution < 1.29 is 8.42 Å². The average molecular weight is 316 g/mol. The lowest BCUT2D eigenvalue weighted by Crippen LogP contribution is -2.35. The second kappa shape index (κ2) is 6.56. The largest absolute Gasteiger partial charge is 0.310 e. The Morgan fingerprint density at radius 3 is 2.65 bits per heavy atom. The van der Waals surface area contributed by atoms with Gasteiger partial charge in [0.2, 0.25) is 10.0 Å². The van der Waals surface area contributed by atoms with Crippen molar-refractivity contribution in [2.45, 2.75) is 63.1 Å². The molecule has 0 radical (unpaired) electrons. The minimum atomic E-state index is -3.35. The number of nitrogens with one attached hydrogen (secondary N) is 1. The molecule has 4 nitrogen and oxygen atoms in total. The predicted octanol–water partition coefficient (Wildman–Crippen LogP) is 2.81. The lowest BCUT2D eigenvalue weighted by Gasteiger charge is -2.24. The quantitative estimate of drug-likeness (QED) is 0.878. The molecule has 0 atom stereocenters. The van der Waals surface area contributed by atoms with Crippen LogP contribution in [0, 0.1) is 0 Å². The zero-order valence-corrected chi connectivity index (χ0v) is 14.1. The maximum Gasteiger partial charge on any atom is 0.244 e. The molecule has 114 valence electrons. The number of nitrogens with zero attached hydrogens (tertiary/aromatic N) is 1. The highest BCUT2D eigenvalue weighted by atomic mass is 32.2. The molecule has 1 heterocycles. The van der Waals surface area contributed by atoms with Crippen molar-refractivity contribution in [3.8, 4) is 0 Å². The predicted molar refractivity (Wildman–Crippen MR) is 83.5 cm³/mol. The van der Waals surface area contributed by atoms with Gasteiger partial charge in [0, 0.05) is 30.6 Å². The fourth-order valence-electron chi connectivity index (χ4n) is 2.60. The van der Waals surface area contributed by atoms with Crippen molar-refractivity contribution >= 4 is 21.4 Å². The molecule has 1 fully saturated rings. The van der Waals surface area contributed by atoms with Gasteiger partial charge in [-0.3, -0.25) is 0 Å². The van der Waals surface area contributed by atoms with Crippen LogP contribution in [-0.2, 0) is 16.6 Å². The minimum Gasteiger partial charge on any atom is -0.310 e. The fourth-order valence-corrected chi connectivity index (χ4v) is 5.38. The first-order valence-electron chi connectivity index (χ1n) is 7.20. The summed E-state index contributed by atoms with van der Waals surface area (Å²) in [7, 11) is -1.63. The van der Waals surface area contributed by atoms with Crippen molar-refractivity contribution in [3.05, 3.63) is 16.3 Å². The van der Waals surface area contributed by atoms with E-state index in [9.17, 15) is 8.42 Å². The molecule has 0 unspecified atom stereocenters. The first kappa shape index (κ1) is 15.9. The van der Waals surface area contributed by atoms with Gasteiger partial charge in [-0.05, 0) is 24.3 Å². The van der Waals surface area contributed by atoms with Crippen LogP contribution < -0.4 is 5.32 Å². The van der Waals surface area contributed by atoms with E-state index in [1.165, 1.54) is 11.3 Å². The highest BCUT2D eigenvalue weighted by Crippen LogP contribution is 2.30. The molecule has 6 heteroatoms. The van der Waals surface area contributed by atoms with Crippen LogP contribution in [0.3, 0.4) is 0 Å². The molecule has 1 aromatic heterocycles. The Labute approximate surface area is 126 Å². The van der Waals surface area contributed by atoms with Gasteiger partial charge in [-0.15, -0.1) is 11.3 Å². The molecule has 1 aromatic rings. The third-order valence-corrected chi connectivity index (χ3v) is 6.92. The maximum absolute atomic E-state index is 12.8. The van der Waals surface area contributed by atoms with E-state index in [1.54, 1.807) is 17.4 Å². The molecule has 20 heavy (non-hydrogen) atoms. The Kier molecular flexibility index (Phi) is 5.23. The Morgan fingerprint density at radius 1 is 1.40 bits per heavy atom. The Balaban J connectivity index is 2.18. The number of sulfonamides is 1. The summed E-state index contributed by atoms with van der Waals surface area (Å²) in [6.07, 6.45) is 4.24. The van der Waals surface area contributed by atoms with Crippen LogP contribution in [0.4, 0.5) is 0 Å². The first-order valence-corrected chi connectivity index (χ1v) is 9.52. The van der Waals surface area contributed by atoms with Crippen molar-refractivity contribution in [2.75, 3.05) is 7.05 Å². The summed E-state index contributed by atoms with van der Waals surface area (Å²) in [5, 5.41) is 5.16. The standard InChI is InChI=1S/C14H24N2O2S2/c1-11(2)15-10-13-14(8-9-19-13)20(17,18)16(3)12-6-4-5-7-12/h8-9,11-12,15H,4-7,10H2,1-3H3. The summed E-state index contributed by atoms with van der Waals surface area (Å²) >= 11 is 1.51. The molecule has 0 saturated heterocycles. The van der Waals surface area contributed by atoms with Gasteiger partial charge >= 0.3 is 0 Å². The molecule has 1 aliphatic carbocycles. The summed E-state index contributed by atoms with van der Waals surface area (Å²) in [6, 6.07) is 2.26. The summed E-state index contributed by atoms with van der Waals surface area (Å²) in [6.45, 7) is 4.74. The molecule has 0 amide bonds. The van der Waals surface area contributed by atoms with Crippen LogP contribution in [0.25, 0.3) is 0 Å². The monoisotopic (exact) mass is 316 g/mol. The van der Waals surface area contributed by atoms with E-state index >= 15 is 0 Å². The fraction of sp³-hybridized carbons (Fsp3) is 0.714. The number of thiophene rings is 1. The lowest BCUT2D eigenvalue weighted by molar-refractivity contribution is 0.372. The molecule has 0 spiro atoms. The van der Waals surface area contributed by atoms with Gasteiger partial charge in [-0.2, -0.15) is 4.31 Å². The van der Waals surface area contributed by atoms with Crippen LogP contribution >= 0.6 is 11.3 Å². The molecule has 1 saturated carbocycles. The molecular formula is C14H24N2O2S2. The van der Waals surface area contributed by atoms with E-state index in [2.05, 4.69) is 19.2 Å². The molecule has 1 N–H and O–H groups in total. The zero-order chi connectivity index (χ0) is 14.8. The molecule has 2 rings (SSSR count). The highest BCUT2D eigenvalue weighted by Gasteiger charge is 2.31. The van der Waals surface area contributed by atoms with Crippen LogP contribution in [0.1, 0.15) is 44.4 Å². The highest BCUT2D eigenvalue weighted by molar-refractivity contribution is 7.89. The van der Waals surface area contributed by atoms with Gasteiger partial charge < -0.3 is 5.32 Å².